The van der Waals surface area contributed by atoms with E-state index in [9.17, 15) is 9.59 Å². The van der Waals surface area contributed by atoms with Crippen LogP contribution < -0.4 is 21.5 Å². The Balaban J connectivity index is 1.21. The van der Waals surface area contributed by atoms with E-state index in [1.54, 1.807) is 37.0 Å². The van der Waals surface area contributed by atoms with Crippen molar-refractivity contribution in [3.05, 3.63) is 107 Å². The van der Waals surface area contributed by atoms with Gasteiger partial charge in [0.25, 0.3) is 11.5 Å². The van der Waals surface area contributed by atoms with Gasteiger partial charge in [-0.2, -0.15) is 0 Å². The van der Waals surface area contributed by atoms with Crippen LogP contribution in [0.15, 0.2) is 89.9 Å². The highest BCUT2D eigenvalue weighted by atomic mass is 16.5. The van der Waals surface area contributed by atoms with Crippen LogP contribution in [0.2, 0.25) is 0 Å². The molecule has 0 spiro atoms. The van der Waals surface area contributed by atoms with Gasteiger partial charge in [0.05, 0.1) is 36.5 Å². The molecular weight excluding hydrogens is 530 g/mol. The lowest BCUT2D eigenvalue weighted by molar-refractivity contribution is 0.102. The Morgan fingerprint density at radius 2 is 1.57 bits per heavy atom. The summed E-state index contributed by atoms with van der Waals surface area (Å²) in [7, 11) is 1.76. The fourth-order valence-electron chi connectivity index (χ4n) is 5.15. The van der Waals surface area contributed by atoms with Crippen LogP contribution in [0.1, 0.15) is 16.1 Å². The van der Waals surface area contributed by atoms with Gasteiger partial charge in [0.2, 0.25) is 0 Å². The summed E-state index contributed by atoms with van der Waals surface area (Å²) in [6.45, 7) is 4.97. The van der Waals surface area contributed by atoms with E-state index in [0.29, 0.717) is 34.3 Å². The van der Waals surface area contributed by atoms with E-state index in [0.717, 1.165) is 43.1 Å². The zero-order valence-corrected chi connectivity index (χ0v) is 23.4. The number of amides is 1. The average Bonchev–Trinajstić information content (AvgIpc) is 3.25. The van der Waals surface area contributed by atoms with E-state index in [-0.39, 0.29) is 11.1 Å². The second-order valence-corrected chi connectivity index (χ2v) is 10.1. The van der Waals surface area contributed by atoms with Crippen LogP contribution in [0.3, 0.4) is 0 Å². The number of aromatic nitrogens is 4. The van der Waals surface area contributed by atoms with Gasteiger partial charge in [0.15, 0.2) is 0 Å². The lowest BCUT2D eigenvalue weighted by atomic mass is 10.1. The number of anilines is 3. The van der Waals surface area contributed by atoms with Crippen molar-refractivity contribution in [2.24, 2.45) is 7.05 Å². The first-order chi connectivity index (χ1) is 20.4. The molecule has 0 unspecified atom stereocenters. The van der Waals surface area contributed by atoms with Gasteiger partial charge in [-0.05, 0) is 43.3 Å². The summed E-state index contributed by atoms with van der Waals surface area (Å²) >= 11 is 0. The molecule has 6 rings (SSSR count). The third-order valence-electron chi connectivity index (χ3n) is 7.54. The second kappa shape index (κ2) is 11.3. The Morgan fingerprint density at radius 3 is 2.26 bits per heavy atom. The average molecular weight is 562 g/mol. The third kappa shape index (κ3) is 5.15. The number of benzene rings is 3. The number of morpholine rings is 1. The molecule has 0 radical (unpaired) electrons. The standard InChI is InChI=1S/C32H31N7O3/c1-21-28(32(41)39(37(21)2)26-6-4-3-5-7-26)31(40)35-24-12-8-23(9-13-24)29-30(33)34-20-27(36-29)22-10-14-25(15-11-22)38-16-18-42-19-17-38/h3-15,20H,16-19H2,1-2H3,(H2,33,34)(H,35,40). The molecule has 1 fully saturated rings. The van der Waals surface area contributed by atoms with Crippen LogP contribution in [-0.2, 0) is 11.8 Å². The first-order valence-electron chi connectivity index (χ1n) is 13.7. The quantitative estimate of drug-likeness (QED) is 0.318. The summed E-state index contributed by atoms with van der Waals surface area (Å²) in [5, 5.41) is 2.85. The van der Waals surface area contributed by atoms with Crippen molar-refractivity contribution in [1.82, 2.24) is 19.3 Å². The van der Waals surface area contributed by atoms with Crippen molar-refractivity contribution in [2.45, 2.75) is 6.92 Å². The number of nitrogens with two attached hydrogens (primary N) is 1. The monoisotopic (exact) mass is 561 g/mol. The summed E-state index contributed by atoms with van der Waals surface area (Å²) < 4.78 is 8.62. The van der Waals surface area contributed by atoms with E-state index < -0.39 is 5.91 Å². The Morgan fingerprint density at radius 1 is 0.905 bits per heavy atom. The highest BCUT2D eigenvalue weighted by Crippen LogP contribution is 2.28. The molecular formula is C32H31N7O3. The van der Waals surface area contributed by atoms with Crippen LogP contribution in [-0.4, -0.2) is 51.5 Å². The topological polar surface area (TPSA) is 120 Å². The number of hydrogen-bond acceptors (Lipinski definition) is 7. The number of carbonyl (C=O) groups is 1. The first-order valence-corrected chi connectivity index (χ1v) is 13.7. The van der Waals surface area contributed by atoms with Crippen LogP contribution in [0.5, 0.6) is 0 Å². The number of hydrogen-bond donors (Lipinski definition) is 2. The van der Waals surface area contributed by atoms with Gasteiger partial charge in [0, 0.05) is 42.6 Å². The Labute approximate surface area is 243 Å². The maximum absolute atomic E-state index is 13.2. The third-order valence-corrected chi connectivity index (χ3v) is 7.54. The van der Waals surface area contributed by atoms with Gasteiger partial charge in [-0.25, -0.2) is 14.6 Å². The Hall–Kier alpha value is -5.22. The van der Waals surface area contributed by atoms with Gasteiger partial charge < -0.3 is 20.7 Å². The fraction of sp³-hybridized carbons (Fsp3) is 0.188. The Kier molecular flexibility index (Phi) is 7.28. The summed E-state index contributed by atoms with van der Waals surface area (Å²) in [6, 6.07) is 24.6. The molecule has 42 heavy (non-hydrogen) atoms. The maximum atomic E-state index is 13.2. The number of ether oxygens (including phenoxy) is 1. The fourth-order valence-corrected chi connectivity index (χ4v) is 5.15. The largest absolute Gasteiger partial charge is 0.382 e. The van der Waals surface area contributed by atoms with Crippen molar-refractivity contribution in [1.29, 1.82) is 0 Å². The molecule has 0 bridgehead atoms. The molecule has 1 amide bonds. The van der Waals surface area contributed by atoms with E-state index in [4.69, 9.17) is 15.5 Å². The van der Waals surface area contributed by atoms with Crippen molar-refractivity contribution in [2.75, 3.05) is 42.3 Å². The lowest BCUT2D eigenvalue weighted by Gasteiger charge is -2.28. The summed E-state index contributed by atoms with van der Waals surface area (Å²) in [4.78, 5) is 37.9. The predicted octanol–water partition coefficient (Wildman–Crippen LogP) is 4.28. The van der Waals surface area contributed by atoms with Crippen molar-refractivity contribution in [3.63, 3.8) is 0 Å². The van der Waals surface area contributed by atoms with E-state index >= 15 is 0 Å². The highest BCUT2D eigenvalue weighted by Gasteiger charge is 2.22. The normalized spacial score (nSPS) is 13.2. The molecule has 1 saturated heterocycles. The second-order valence-electron chi connectivity index (χ2n) is 10.1. The number of rotatable bonds is 6. The minimum absolute atomic E-state index is 0.0906. The molecule has 212 valence electrons. The molecule has 0 saturated carbocycles. The Bertz CT molecular complexity index is 1790. The molecule has 2 aromatic heterocycles. The number of para-hydroxylation sites is 1. The minimum Gasteiger partial charge on any atom is -0.382 e. The highest BCUT2D eigenvalue weighted by molar-refractivity contribution is 6.05. The molecule has 3 N–H and O–H groups in total. The molecule has 3 aromatic carbocycles. The molecule has 10 heteroatoms. The minimum atomic E-state index is -0.475. The molecule has 10 nitrogen and oxygen atoms in total. The van der Waals surface area contributed by atoms with Crippen LogP contribution in [0, 0.1) is 6.92 Å². The van der Waals surface area contributed by atoms with Crippen molar-refractivity contribution >= 4 is 23.1 Å². The van der Waals surface area contributed by atoms with Crippen molar-refractivity contribution < 1.29 is 9.53 Å². The molecule has 3 heterocycles. The van der Waals surface area contributed by atoms with E-state index in [1.165, 1.54) is 4.68 Å². The molecule has 5 aromatic rings. The lowest BCUT2D eigenvalue weighted by Crippen LogP contribution is -2.36. The summed E-state index contributed by atoms with van der Waals surface area (Å²) in [5.41, 5.74) is 11.8. The SMILES string of the molecule is Cc1c(C(=O)Nc2ccc(-c3nc(-c4ccc(N5CCOCC5)cc4)cnc3N)cc2)c(=O)n(-c2ccccc2)n1C. The maximum Gasteiger partial charge on any atom is 0.284 e. The van der Waals surface area contributed by atoms with Gasteiger partial charge in [-0.3, -0.25) is 14.3 Å². The summed E-state index contributed by atoms with van der Waals surface area (Å²) in [5.74, 6) is -0.167. The summed E-state index contributed by atoms with van der Waals surface area (Å²) in [6.07, 6.45) is 1.67. The number of nitrogen functional groups attached to an aromatic ring is 1. The molecule has 1 aliphatic heterocycles. The number of nitrogens with zero attached hydrogens (tertiary/aromatic N) is 5. The predicted molar refractivity (Wildman–Crippen MR) is 164 cm³/mol. The molecule has 1 aliphatic rings. The van der Waals surface area contributed by atoms with Crippen LogP contribution in [0.4, 0.5) is 17.2 Å². The smallest absolute Gasteiger partial charge is 0.284 e. The van der Waals surface area contributed by atoms with Gasteiger partial charge in [-0.15, -0.1) is 0 Å². The van der Waals surface area contributed by atoms with E-state index in [2.05, 4.69) is 27.3 Å². The van der Waals surface area contributed by atoms with Crippen molar-refractivity contribution in [3.8, 4) is 28.2 Å². The zero-order chi connectivity index (χ0) is 29.2. The molecule has 0 atom stereocenters. The molecule has 0 aliphatic carbocycles. The first kappa shape index (κ1) is 27.0. The van der Waals surface area contributed by atoms with E-state index in [1.807, 2.05) is 54.6 Å². The van der Waals surface area contributed by atoms with Gasteiger partial charge in [-0.1, -0.05) is 42.5 Å². The number of carbonyl (C=O) groups excluding carboxylic acids is 1. The zero-order valence-electron chi connectivity index (χ0n) is 23.4. The number of nitrogens with one attached hydrogen (secondary N) is 1. The van der Waals surface area contributed by atoms with Gasteiger partial charge >= 0.3 is 0 Å². The van der Waals surface area contributed by atoms with Gasteiger partial charge in [0.1, 0.15) is 17.1 Å². The van der Waals surface area contributed by atoms with Crippen LogP contribution in [0.25, 0.3) is 28.2 Å². The van der Waals surface area contributed by atoms with Crippen LogP contribution >= 0.6 is 0 Å².